The summed E-state index contributed by atoms with van der Waals surface area (Å²) in [7, 11) is 4.30. The second-order valence-electron chi connectivity index (χ2n) is 7.78. The average Bonchev–Trinajstić information content (AvgIpc) is 3.34. The molecular formula is C19H26F6N2O6. The number of likely N-dealkylation sites (N-methyl/N-ethyl adjacent to an activating group) is 1. The first-order chi connectivity index (χ1) is 15.1. The lowest BCUT2D eigenvalue weighted by molar-refractivity contribution is -0.193. The van der Waals surface area contributed by atoms with E-state index in [1.54, 1.807) is 6.26 Å². The summed E-state index contributed by atoms with van der Waals surface area (Å²) >= 11 is 0. The molecule has 1 spiro atoms. The van der Waals surface area contributed by atoms with Gasteiger partial charge in [-0.3, -0.25) is 4.90 Å². The number of rotatable bonds is 3. The number of carbonyl (C=O) groups is 2. The summed E-state index contributed by atoms with van der Waals surface area (Å²) in [6.45, 7) is 4.05. The summed E-state index contributed by atoms with van der Waals surface area (Å²) in [5, 5.41) is 14.2. The van der Waals surface area contributed by atoms with Crippen LogP contribution in [0.25, 0.3) is 0 Å². The Bertz CT molecular complexity index is 719. The molecule has 0 bridgehead atoms. The minimum Gasteiger partial charge on any atom is -0.475 e. The highest BCUT2D eigenvalue weighted by Crippen LogP contribution is 2.37. The highest BCUT2D eigenvalue weighted by molar-refractivity contribution is 5.73. The molecule has 0 aliphatic carbocycles. The quantitative estimate of drug-likeness (QED) is 0.620. The van der Waals surface area contributed by atoms with E-state index in [-0.39, 0.29) is 5.60 Å². The van der Waals surface area contributed by atoms with Gasteiger partial charge in [0.05, 0.1) is 25.0 Å². The van der Waals surface area contributed by atoms with Crippen molar-refractivity contribution in [2.45, 2.75) is 49.8 Å². The van der Waals surface area contributed by atoms with Gasteiger partial charge in [-0.05, 0) is 45.5 Å². The first kappa shape index (κ1) is 28.7. The molecule has 0 amide bonds. The van der Waals surface area contributed by atoms with Crippen LogP contribution in [0.15, 0.2) is 22.8 Å². The smallest absolute Gasteiger partial charge is 0.475 e. The number of hydrogen-bond acceptors (Lipinski definition) is 6. The lowest BCUT2D eigenvalue weighted by Gasteiger charge is -2.38. The molecular weight excluding hydrogens is 466 g/mol. The van der Waals surface area contributed by atoms with Crippen LogP contribution in [0.3, 0.4) is 0 Å². The second kappa shape index (κ2) is 11.7. The fraction of sp³-hybridized carbons (Fsp3) is 0.684. The number of furan rings is 1. The Kier molecular flexibility index (Phi) is 10.2. The van der Waals surface area contributed by atoms with E-state index in [1.807, 2.05) is 6.07 Å². The molecule has 2 fully saturated rings. The summed E-state index contributed by atoms with van der Waals surface area (Å²) in [6, 6.07) is 4.61. The van der Waals surface area contributed by atoms with Crippen molar-refractivity contribution in [3.8, 4) is 0 Å². The van der Waals surface area contributed by atoms with E-state index in [0.717, 1.165) is 44.8 Å². The van der Waals surface area contributed by atoms with Crippen LogP contribution in [0.1, 0.15) is 25.0 Å². The molecule has 8 nitrogen and oxygen atoms in total. The molecule has 1 aromatic heterocycles. The van der Waals surface area contributed by atoms with E-state index < -0.39 is 24.3 Å². The van der Waals surface area contributed by atoms with E-state index in [0.29, 0.717) is 6.04 Å². The molecule has 3 rings (SSSR count). The van der Waals surface area contributed by atoms with Gasteiger partial charge in [0.1, 0.15) is 5.76 Å². The van der Waals surface area contributed by atoms with E-state index >= 15 is 0 Å². The molecule has 0 radical (unpaired) electrons. The predicted molar refractivity (Wildman–Crippen MR) is 101 cm³/mol. The van der Waals surface area contributed by atoms with Crippen molar-refractivity contribution < 1.29 is 55.3 Å². The Morgan fingerprint density at radius 1 is 1.09 bits per heavy atom. The number of likely N-dealkylation sites (tertiary alicyclic amines) is 1. The highest BCUT2D eigenvalue weighted by Gasteiger charge is 2.43. The number of hydrogen-bond donors (Lipinski definition) is 2. The Hall–Kier alpha value is -2.32. The zero-order valence-electron chi connectivity index (χ0n) is 17.9. The van der Waals surface area contributed by atoms with Gasteiger partial charge in [0, 0.05) is 19.1 Å². The SMILES string of the molecule is CN(C)C1COC2(CCN(Cc3ccco3)CC2)C1.O=C(O)C(F)(F)F.O=C(O)C(F)(F)F. The second-order valence-corrected chi connectivity index (χ2v) is 7.78. The fourth-order valence-electron chi connectivity index (χ4n) is 3.24. The van der Waals surface area contributed by atoms with E-state index in [4.69, 9.17) is 29.0 Å². The Morgan fingerprint density at radius 2 is 1.58 bits per heavy atom. The van der Waals surface area contributed by atoms with Crippen molar-refractivity contribution in [1.29, 1.82) is 0 Å². The van der Waals surface area contributed by atoms with Gasteiger partial charge in [-0.2, -0.15) is 26.3 Å². The van der Waals surface area contributed by atoms with Crippen molar-refractivity contribution >= 4 is 11.9 Å². The number of ether oxygens (including phenoxy) is 1. The van der Waals surface area contributed by atoms with Gasteiger partial charge in [-0.15, -0.1) is 0 Å². The van der Waals surface area contributed by atoms with Crippen LogP contribution in [0.2, 0.25) is 0 Å². The summed E-state index contributed by atoms with van der Waals surface area (Å²) < 4.78 is 75.0. The molecule has 0 saturated carbocycles. The fourth-order valence-corrected chi connectivity index (χ4v) is 3.24. The molecule has 33 heavy (non-hydrogen) atoms. The number of aliphatic carboxylic acids is 2. The summed E-state index contributed by atoms with van der Waals surface area (Å²) in [5.41, 5.74) is 0.147. The molecule has 0 aromatic carbocycles. The standard InChI is InChI=1S/C15H24N2O2.2C2HF3O2/c1-16(2)13-10-15(19-12-13)5-7-17(8-6-15)11-14-4-3-9-18-14;2*3-2(4,5)1(6)7/h3-4,9,13H,5-8,10-12H2,1-2H3;2*(H,6,7). The first-order valence-electron chi connectivity index (χ1n) is 9.71. The van der Waals surface area contributed by atoms with Gasteiger partial charge < -0.3 is 24.3 Å². The minimum absolute atomic E-state index is 0.147. The van der Waals surface area contributed by atoms with Gasteiger partial charge >= 0.3 is 24.3 Å². The van der Waals surface area contributed by atoms with Crippen LogP contribution in [-0.4, -0.2) is 89.7 Å². The van der Waals surface area contributed by atoms with Crippen LogP contribution in [0.4, 0.5) is 26.3 Å². The maximum atomic E-state index is 10.6. The third-order valence-electron chi connectivity index (χ3n) is 5.13. The Balaban J connectivity index is 0.000000324. The number of piperidine rings is 1. The van der Waals surface area contributed by atoms with Crippen molar-refractivity contribution in [1.82, 2.24) is 9.80 Å². The zero-order chi connectivity index (χ0) is 25.4. The Morgan fingerprint density at radius 3 is 1.91 bits per heavy atom. The summed E-state index contributed by atoms with van der Waals surface area (Å²) in [5.74, 6) is -4.45. The topological polar surface area (TPSA) is 103 Å². The first-order valence-corrected chi connectivity index (χ1v) is 9.71. The number of carboxylic acids is 2. The van der Waals surface area contributed by atoms with Gasteiger partial charge in [0.25, 0.3) is 0 Å². The predicted octanol–water partition coefficient (Wildman–Crippen LogP) is 3.23. The van der Waals surface area contributed by atoms with Crippen LogP contribution < -0.4 is 0 Å². The van der Waals surface area contributed by atoms with Gasteiger partial charge in [0.15, 0.2) is 0 Å². The third kappa shape index (κ3) is 10.0. The van der Waals surface area contributed by atoms with E-state index in [1.165, 1.54) is 6.42 Å². The summed E-state index contributed by atoms with van der Waals surface area (Å²) in [6.07, 6.45) is -4.92. The largest absolute Gasteiger partial charge is 0.490 e. The molecule has 1 aromatic rings. The highest BCUT2D eigenvalue weighted by atomic mass is 19.4. The molecule has 1 unspecified atom stereocenters. The van der Waals surface area contributed by atoms with Crippen LogP contribution in [0.5, 0.6) is 0 Å². The van der Waals surface area contributed by atoms with Crippen molar-refractivity contribution in [3.05, 3.63) is 24.2 Å². The molecule has 2 N–H and O–H groups in total. The molecule has 2 aliphatic heterocycles. The normalized spacial score (nSPS) is 20.6. The monoisotopic (exact) mass is 492 g/mol. The maximum absolute atomic E-state index is 10.6. The van der Waals surface area contributed by atoms with Crippen LogP contribution in [-0.2, 0) is 20.9 Å². The average molecular weight is 492 g/mol. The Labute approximate surface area is 185 Å². The van der Waals surface area contributed by atoms with Crippen molar-refractivity contribution in [2.75, 3.05) is 33.8 Å². The van der Waals surface area contributed by atoms with Gasteiger partial charge in [-0.25, -0.2) is 9.59 Å². The lowest BCUT2D eigenvalue weighted by atomic mass is 9.87. The molecule has 190 valence electrons. The summed E-state index contributed by atoms with van der Waals surface area (Å²) in [4.78, 5) is 22.6. The molecule has 14 heteroatoms. The molecule has 2 aliphatic rings. The minimum atomic E-state index is -5.08. The third-order valence-corrected chi connectivity index (χ3v) is 5.13. The molecule has 3 heterocycles. The van der Waals surface area contributed by atoms with E-state index in [9.17, 15) is 26.3 Å². The van der Waals surface area contributed by atoms with Crippen molar-refractivity contribution in [3.63, 3.8) is 0 Å². The number of nitrogens with zero attached hydrogens (tertiary/aromatic N) is 2. The zero-order valence-corrected chi connectivity index (χ0v) is 17.9. The lowest BCUT2D eigenvalue weighted by Crippen LogP contribution is -2.44. The molecule has 1 atom stereocenters. The number of halogens is 6. The van der Waals surface area contributed by atoms with Crippen LogP contribution >= 0.6 is 0 Å². The number of alkyl halides is 6. The number of carboxylic acid groups (broad SMARTS) is 2. The van der Waals surface area contributed by atoms with E-state index in [2.05, 4.69) is 30.0 Å². The van der Waals surface area contributed by atoms with Gasteiger partial charge in [0.2, 0.25) is 0 Å². The molecule has 2 saturated heterocycles. The maximum Gasteiger partial charge on any atom is 0.490 e. The van der Waals surface area contributed by atoms with Crippen molar-refractivity contribution in [2.24, 2.45) is 0 Å². The van der Waals surface area contributed by atoms with Crippen LogP contribution in [0, 0.1) is 0 Å². The van der Waals surface area contributed by atoms with Gasteiger partial charge in [-0.1, -0.05) is 0 Å².